The van der Waals surface area contributed by atoms with Gasteiger partial charge in [0.25, 0.3) is 5.91 Å². The van der Waals surface area contributed by atoms with E-state index in [0.29, 0.717) is 23.6 Å². The molecule has 1 amide bonds. The van der Waals surface area contributed by atoms with Crippen molar-refractivity contribution in [2.75, 3.05) is 18.5 Å². The minimum atomic E-state index is -1.11. The van der Waals surface area contributed by atoms with Crippen molar-refractivity contribution < 1.29 is 24.2 Å². The number of anilines is 1. The van der Waals surface area contributed by atoms with Crippen molar-refractivity contribution in [3.63, 3.8) is 0 Å². The van der Waals surface area contributed by atoms with Crippen LogP contribution in [0.3, 0.4) is 0 Å². The molecule has 0 aliphatic rings. The molecule has 0 aliphatic carbocycles. The van der Waals surface area contributed by atoms with E-state index in [0.717, 1.165) is 11.1 Å². The lowest BCUT2D eigenvalue weighted by Gasteiger charge is -2.12. The van der Waals surface area contributed by atoms with E-state index in [1.165, 1.54) is 12.1 Å². The highest BCUT2D eigenvalue weighted by Gasteiger charge is 2.13. The van der Waals surface area contributed by atoms with Crippen molar-refractivity contribution in [3.8, 4) is 17.6 Å². The molecule has 7 nitrogen and oxygen atoms in total. The Labute approximate surface area is 169 Å². The fourth-order valence-electron chi connectivity index (χ4n) is 2.53. The van der Waals surface area contributed by atoms with E-state index in [1.54, 1.807) is 25.1 Å². The number of aryl methyl sites for hydroxylation is 1. The molecule has 2 aromatic rings. The Morgan fingerprint density at radius 1 is 1.17 bits per heavy atom. The molecule has 29 heavy (non-hydrogen) atoms. The third-order valence-corrected chi connectivity index (χ3v) is 4.15. The Morgan fingerprint density at radius 3 is 2.59 bits per heavy atom. The Balaban J connectivity index is 2.28. The number of ether oxygens (including phenoxy) is 2. The van der Waals surface area contributed by atoms with Gasteiger partial charge in [0, 0.05) is 5.69 Å². The zero-order valence-electron chi connectivity index (χ0n) is 16.5. The van der Waals surface area contributed by atoms with Crippen LogP contribution in [0.1, 0.15) is 23.6 Å². The molecule has 2 N–H and O–H groups in total. The Bertz CT molecular complexity index is 989. The number of carboxylic acid groups (broad SMARTS) is 1. The molecule has 7 heteroatoms. The zero-order valence-corrected chi connectivity index (χ0v) is 16.5. The normalized spacial score (nSPS) is 10.8. The van der Waals surface area contributed by atoms with Crippen molar-refractivity contribution in [1.82, 2.24) is 0 Å². The summed E-state index contributed by atoms with van der Waals surface area (Å²) >= 11 is 0. The van der Waals surface area contributed by atoms with Gasteiger partial charge >= 0.3 is 5.97 Å². The predicted molar refractivity (Wildman–Crippen MR) is 109 cm³/mol. The third-order valence-electron chi connectivity index (χ3n) is 4.15. The van der Waals surface area contributed by atoms with Crippen LogP contribution in [0.4, 0.5) is 5.69 Å². The molecule has 2 aromatic carbocycles. The fraction of sp³-hybridized carbons (Fsp3) is 0.227. The van der Waals surface area contributed by atoms with E-state index in [9.17, 15) is 14.9 Å². The fourth-order valence-corrected chi connectivity index (χ4v) is 2.53. The molecule has 0 aromatic heterocycles. The van der Waals surface area contributed by atoms with Gasteiger partial charge in [-0.05, 0) is 61.7 Å². The predicted octanol–water partition coefficient (Wildman–Crippen LogP) is 3.71. The minimum Gasteiger partial charge on any atom is -0.490 e. The van der Waals surface area contributed by atoms with E-state index in [4.69, 9.17) is 14.6 Å². The summed E-state index contributed by atoms with van der Waals surface area (Å²) in [5, 5.41) is 21.0. The molecule has 0 atom stereocenters. The summed E-state index contributed by atoms with van der Waals surface area (Å²) < 4.78 is 10.7. The highest BCUT2D eigenvalue weighted by Crippen LogP contribution is 2.29. The topological polar surface area (TPSA) is 109 Å². The second-order valence-electron chi connectivity index (χ2n) is 6.19. The molecule has 0 radical (unpaired) electrons. The van der Waals surface area contributed by atoms with Crippen LogP contribution in [0.5, 0.6) is 11.5 Å². The molecule has 0 aliphatic heterocycles. The summed E-state index contributed by atoms with van der Waals surface area (Å²) in [6, 6.07) is 12.2. The number of benzene rings is 2. The van der Waals surface area contributed by atoms with Crippen LogP contribution in [-0.4, -0.2) is 30.2 Å². The van der Waals surface area contributed by atoms with Gasteiger partial charge in [-0.3, -0.25) is 4.79 Å². The molecule has 0 unspecified atom stereocenters. The number of amides is 1. The molecular formula is C22H22N2O5. The minimum absolute atomic E-state index is 0.0763. The molecule has 0 bridgehead atoms. The number of carboxylic acids is 1. The van der Waals surface area contributed by atoms with Crippen LogP contribution in [0.2, 0.25) is 0 Å². The average Bonchev–Trinajstić information content (AvgIpc) is 2.69. The van der Waals surface area contributed by atoms with Gasteiger partial charge in [-0.15, -0.1) is 0 Å². The lowest BCUT2D eigenvalue weighted by Crippen LogP contribution is -2.14. The average molecular weight is 394 g/mol. The molecule has 0 fully saturated rings. The molecule has 150 valence electrons. The number of nitrogens with zero attached hydrogens (tertiary/aromatic N) is 1. The largest absolute Gasteiger partial charge is 0.490 e. The van der Waals surface area contributed by atoms with Gasteiger partial charge in [0.05, 0.1) is 6.61 Å². The Hall–Kier alpha value is -3.79. The molecule has 0 saturated carbocycles. The zero-order chi connectivity index (χ0) is 21.4. The first-order valence-corrected chi connectivity index (χ1v) is 8.96. The van der Waals surface area contributed by atoms with Crippen molar-refractivity contribution in [3.05, 3.63) is 58.7 Å². The summed E-state index contributed by atoms with van der Waals surface area (Å²) in [6.45, 7) is 5.45. The standard InChI is InChI=1S/C22H22N2O5/c1-4-28-20-11-16(8-9-19(20)29-13-21(25)26)10-17(12-23)22(27)24-18-7-5-6-14(2)15(18)3/h5-11H,4,13H2,1-3H3,(H,24,27)(H,25,26)/b17-10+. The lowest BCUT2D eigenvalue weighted by molar-refractivity contribution is -0.139. The van der Waals surface area contributed by atoms with E-state index < -0.39 is 18.5 Å². The van der Waals surface area contributed by atoms with Crippen LogP contribution < -0.4 is 14.8 Å². The van der Waals surface area contributed by atoms with E-state index in [2.05, 4.69) is 5.32 Å². The summed E-state index contributed by atoms with van der Waals surface area (Å²) in [7, 11) is 0. The smallest absolute Gasteiger partial charge is 0.341 e. The van der Waals surface area contributed by atoms with Gasteiger partial charge in [-0.1, -0.05) is 18.2 Å². The van der Waals surface area contributed by atoms with Crippen LogP contribution in [-0.2, 0) is 9.59 Å². The summed E-state index contributed by atoms with van der Waals surface area (Å²) in [5.74, 6) is -1.03. The molecular weight excluding hydrogens is 372 g/mol. The van der Waals surface area contributed by atoms with Crippen LogP contribution in [0, 0.1) is 25.2 Å². The number of aliphatic carboxylic acids is 1. The second-order valence-corrected chi connectivity index (χ2v) is 6.19. The number of rotatable bonds is 8. The van der Waals surface area contributed by atoms with Crippen molar-refractivity contribution in [2.24, 2.45) is 0 Å². The van der Waals surface area contributed by atoms with Gasteiger partial charge < -0.3 is 19.9 Å². The quantitative estimate of drug-likeness (QED) is 0.522. The number of hydrogen-bond acceptors (Lipinski definition) is 5. The van der Waals surface area contributed by atoms with Gasteiger partial charge in [-0.2, -0.15) is 5.26 Å². The van der Waals surface area contributed by atoms with E-state index in [1.807, 2.05) is 32.0 Å². The van der Waals surface area contributed by atoms with E-state index in [-0.39, 0.29) is 11.3 Å². The van der Waals surface area contributed by atoms with Gasteiger partial charge in [0.1, 0.15) is 11.6 Å². The number of carbonyl (C=O) groups excluding carboxylic acids is 1. The monoisotopic (exact) mass is 394 g/mol. The molecule has 0 spiro atoms. The van der Waals surface area contributed by atoms with E-state index >= 15 is 0 Å². The van der Waals surface area contributed by atoms with Gasteiger partial charge in [0.15, 0.2) is 18.1 Å². The SMILES string of the molecule is CCOc1cc(/C=C(\C#N)C(=O)Nc2cccc(C)c2C)ccc1OCC(=O)O. The summed E-state index contributed by atoms with van der Waals surface area (Å²) in [4.78, 5) is 23.3. The highest BCUT2D eigenvalue weighted by molar-refractivity contribution is 6.10. The number of nitrogens with one attached hydrogen (secondary N) is 1. The Morgan fingerprint density at radius 2 is 1.93 bits per heavy atom. The molecule has 2 rings (SSSR count). The number of nitriles is 1. The van der Waals surface area contributed by atoms with Crippen molar-refractivity contribution in [2.45, 2.75) is 20.8 Å². The first-order chi connectivity index (χ1) is 13.8. The van der Waals surface area contributed by atoms with Crippen LogP contribution >= 0.6 is 0 Å². The van der Waals surface area contributed by atoms with Gasteiger partial charge in [0.2, 0.25) is 0 Å². The lowest BCUT2D eigenvalue weighted by atomic mass is 10.1. The Kier molecular flexibility index (Phi) is 7.38. The first kappa shape index (κ1) is 21.5. The summed E-state index contributed by atoms with van der Waals surface area (Å²) in [6.07, 6.45) is 1.43. The summed E-state index contributed by atoms with van der Waals surface area (Å²) in [5.41, 5.74) is 3.07. The maximum absolute atomic E-state index is 12.5. The molecule has 0 heterocycles. The van der Waals surface area contributed by atoms with Crippen LogP contribution in [0.15, 0.2) is 42.0 Å². The maximum Gasteiger partial charge on any atom is 0.341 e. The first-order valence-electron chi connectivity index (χ1n) is 8.96. The van der Waals surface area contributed by atoms with Crippen molar-refractivity contribution in [1.29, 1.82) is 5.26 Å². The molecule has 0 saturated heterocycles. The maximum atomic E-state index is 12.5. The van der Waals surface area contributed by atoms with Crippen LogP contribution in [0.25, 0.3) is 6.08 Å². The second kappa shape index (κ2) is 9.95. The third kappa shape index (κ3) is 5.84. The number of hydrogen-bond donors (Lipinski definition) is 2. The highest BCUT2D eigenvalue weighted by atomic mass is 16.5. The number of carbonyl (C=O) groups is 2. The van der Waals surface area contributed by atoms with Gasteiger partial charge in [-0.25, -0.2) is 4.79 Å². The van der Waals surface area contributed by atoms with Crippen molar-refractivity contribution >= 4 is 23.6 Å².